The number of nitrogens with two attached hydrogens (primary N) is 1. The Kier molecular flexibility index (Phi) is 3.89. The number of aromatic nitrogens is 2. The maximum atomic E-state index is 12.8. The van der Waals surface area contributed by atoms with Gasteiger partial charge in [-0.25, -0.2) is 9.07 Å². The zero-order valence-corrected chi connectivity index (χ0v) is 12.5. The second kappa shape index (κ2) is 5.26. The van der Waals surface area contributed by atoms with Gasteiger partial charge in [0.25, 0.3) is 0 Å². The number of benzene rings is 1. The molecule has 1 unspecified atom stereocenters. The molecule has 0 fully saturated rings. The van der Waals surface area contributed by atoms with Crippen molar-refractivity contribution in [3.8, 4) is 0 Å². The van der Waals surface area contributed by atoms with Crippen molar-refractivity contribution in [1.82, 2.24) is 9.78 Å². The lowest BCUT2D eigenvalue weighted by Gasteiger charge is -2.14. The third kappa shape index (κ3) is 2.66. The number of nitrogens with zero attached hydrogens (tertiary/aromatic N) is 2. The van der Waals surface area contributed by atoms with Gasteiger partial charge in [0, 0.05) is 0 Å². The van der Waals surface area contributed by atoms with Crippen LogP contribution in [0.25, 0.3) is 0 Å². The van der Waals surface area contributed by atoms with Gasteiger partial charge in [-0.3, -0.25) is 0 Å². The Hall–Kier alpha value is -1.11. The van der Waals surface area contributed by atoms with Gasteiger partial charge >= 0.3 is 0 Å². The van der Waals surface area contributed by atoms with Gasteiger partial charge in [0.2, 0.25) is 0 Å². The molecule has 1 aromatic carbocycles. The Balaban J connectivity index is 2.19. The predicted octanol–water partition coefficient (Wildman–Crippen LogP) is 3.32. The van der Waals surface area contributed by atoms with Crippen LogP contribution in [0.3, 0.4) is 0 Å². The van der Waals surface area contributed by atoms with E-state index in [0.717, 1.165) is 21.2 Å². The van der Waals surface area contributed by atoms with Crippen molar-refractivity contribution in [3.63, 3.8) is 0 Å². The van der Waals surface area contributed by atoms with Gasteiger partial charge in [-0.15, -0.1) is 0 Å². The normalized spacial score (nSPS) is 12.7. The molecule has 1 aromatic heterocycles. The van der Waals surface area contributed by atoms with Gasteiger partial charge in [-0.1, -0.05) is 12.1 Å². The van der Waals surface area contributed by atoms with Crippen molar-refractivity contribution < 1.29 is 4.39 Å². The van der Waals surface area contributed by atoms with Crippen LogP contribution < -0.4 is 5.73 Å². The first-order valence-electron chi connectivity index (χ1n) is 5.73. The second-order valence-electron chi connectivity index (χ2n) is 4.41. The van der Waals surface area contributed by atoms with Crippen molar-refractivity contribution >= 4 is 28.4 Å². The monoisotopic (exact) mass is 359 g/mol. The van der Waals surface area contributed by atoms with Crippen molar-refractivity contribution in [2.45, 2.75) is 26.3 Å². The number of halogens is 2. The molecule has 0 saturated heterocycles. The van der Waals surface area contributed by atoms with Crippen LogP contribution in [0.15, 0.2) is 24.3 Å². The lowest BCUT2D eigenvalue weighted by Crippen LogP contribution is -2.13. The number of aryl methyl sites for hydroxylation is 1. The third-order valence-corrected chi connectivity index (χ3v) is 4.24. The summed E-state index contributed by atoms with van der Waals surface area (Å²) in [5, 5.41) is 4.43. The second-order valence-corrected chi connectivity index (χ2v) is 5.49. The molecular weight excluding hydrogens is 344 g/mol. The fourth-order valence-electron chi connectivity index (χ4n) is 1.93. The molecule has 5 heteroatoms. The van der Waals surface area contributed by atoms with E-state index in [1.54, 1.807) is 12.1 Å². The maximum Gasteiger partial charge on any atom is 0.135 e. The summed E-state index contributed by atoms with van der Waals surface area (Å²) in [6.07, 6.45) is 0.779. The third-order valence-electron chi connectivity index (χ3n) is 2.91. The van der Waals surface area contributed by atoms with Crippen LogP contribution in [0.1, 0.15) is 24.2 Å². The predicted molar refractivity (Wildman–Crippen MR) is 78.9 cm³/mol. The Morgan fingerprint density at radius 1 is 1.39 bits per heavy atom. The first-order chi connectivity index (χ1) is 8.49. The fraction of sp³-hybridized carbons (Fsp3) is 0.308. The molecule has 0 amide bonds. The molecule has 2 N–H and O–H groups in total. The molecule has 0 radical (unpaired) electrons. The topological polar surface area (TPSA) is 43.8 Å². The standard InChI is InChI=1S/C13H15FIN3/c1-8(7-10-3-5-11(14)6-4-10)18-13(16)12(15)9(2)17-18/h3-6,8H,7,16H2,1-2H3. The molecular formula is C13H15FIN3. The minimum Gasteiger partial charge on any atom is -0.383 e. The summed E-state index contributed by atoms with van der Waals surface area (Å²) in [7, 11) is 0. The van der Waals surface area contributed by atoms with Gasteiger partial charge in [0.1, 0.15) is 11.6 Å². The zero-order chi connectivity index (χ0) is 13.3. The van der Waals surface area contributed by atoms with Crippen molar-refractivity contribution in [2.75, 3.05) is 5.73 Å². The van der Waals surface area contributed by atoms with Gasteiger partial charge in [0.05, 0.1) is 15.3 Å². The lowest BCUT2D eigenvalue weighted by atomic mass is 10.1. The van der Waals surface area contributed by atoms with E-state index in [2.05, 4.69) is 34.6 Å². The molecule has 0 aliphatic carbocycles. The maximum absolute atomic E-state index is 12.8. The summed E-state index contributed by atoms with van der Waals surface area (Å²) in [6, 6.07) is 6.69. The number of nitrogen functional groups attached to an aromatic ring is 1. The molecule has 0 spiro atoms. The van der Waals surface area contributed by atoms with E-state index in [1.807, 2.05) is 11.6 Å². The van der Waals surface area contributed by atoms with E-state index < -0.39 is 0 Å². The molecule has 0 aliphatic heterocycles. The average Bonchev–Trinajstić information content (AvgIpc) is 2.60. The van der Waals surface area contributed by atoms with Crippen LogP contribution in [0.2, 0.25) is 0 Å². The highest BCUT2D eigenvalue weighted by Gasteiger charge is 2.15. The Morgan fingerprint density at radius 2 is 2.00 bits per heavy atom. The van der Waals surface area contributed by atoms with Crippen LogP contribution in [0.4, 0.5) is 10.2 Å². The highest BCUT2D eigenvalue weighted by atomic mass is 127. The highest BCUT2D eigenvalue weighted by Crippen LogP contribution is 2.24. The van der Waals surface area contributed by atoms with Crippen molar-refractivity contribution in [2.24, 2.45) is 0 Å². The van der Waals surface area contributed by atoms with Crippen molar-refractivity contribution in [1.29, 1.82) is 0 Å². The minimum atomic E-state index is -0.213. The van der Waals surface area contributed by atoms with E-state index in [-0.39, 0.29) is 11.9 Å². The van der Waals surface area contributed by atoms with E-state index in [9.17, 15) is 4.39 Å². The molecule has 0 bridgehead atoms. The Bertz CT molecular complexity index is 548. The van der Waals surface area contributed by atoms with Gasteiger partial charge < -0.3 is 5.73 Å². The highest BCUT2D eigenvalue weighted by molar-refractivity contribution is 14.1. The summed E-state index contributed by atoms with van der Waals surface area (Å²) in [5.41, 5.74) is 8.03. The molecule has 0 aliphatic rings. The van der Waals surface area contributed by atoms with E-state index in [4.69, 9.17) is 5.73 Å². The molecule has 96 valence electrons. The summed E-state index contributed by atoms with van der Waals surface area (Å²) in [6.45, 7) is 4.00. The van der Waals surface area contributed by atoms with Crippen molar-refractivity contribution in [3.05, 3.63) is 44.9 Å². The van der Waals surface area contributed by atoms with Gasteiger partial charge in [-0.2, -0.15) is 5.10 Å². The molecule has 0 saturated carbocycles. The molecule has 1 heterocycles. The first kappa shape index (κ1) is 13.3. The number of hydrogen-bond donors (Lipinski definition) is 1. The zero-order valence-electron chi connectivity index (χ0n) is 10.3. The summed E-state index contributed by atoms with van der Waals surface area (Å²) in [4.78, 5) is 0. The molecule has 2 rings (SSSR count). The van der Waals surface area contributed by atoms with Crippen LogP contribution in [0, 0.1) is 16.3 Å². The van der Waals surface area contributed by atoms with Gasteiger partial charge in [0.15, 0.2) is 0 Å². The van der Waals surface area contributed by atoms with E-state index in [1.165, 1.54) is 12.1 Å². The molecule has 3 nitrogen and oxygen atoms in total. The summed E-state index contributed by atoms with van der Waals surface area (Å²) >= 11 is 2.20. The number of rotatable bonds is 3. The fourth-order valence-corrected chi connectivity index (χ4v) is 2.28. The van der Waals surface area contributed by atoms with E-state index >= 15 is 0 Å². The van der Waals surface area contributed by atoms with Crippen LogP contribution in [-0.4, -0.2) is 9.78 Å². The minimum absolute atomic E-state index is 0.151. The largest absolute Gasteiger partial charge is 0.383 e. The molecule has 18 heavy (non-hydrogen) atoms. The Morgan fingerprint density at radius 3 is 2.50 bits per heavy atom. The first-order valence-corrected chi connectivity index (χ1v) is 6.81. The van der Waals surface area contributed by atoms with Crippen LogP contribution in [-0.2, 0) is 6.42 Å². The summed E-state index contributed by atoms with van der Waals surface area (Å²) in [5.74, 6) is 0.484. The quantitative estimate of drug-likeness (QED) is 0.855. The van der Waals surface area contributed by atoms with Gasteiger partial charge in [-0.05, 0) is 60.6 Å². The summed E-state index contributed by atoms with van der Waals surface area (Å²) < 4.78 is 15.7. The smallest absolute Gasteiger partial charge is 0.135 e. The van der Waals surface area contributed by atoms with Crippen LogP contribution >= 0.6 is 22.6 Å². The molecule has 2 aromatic rings. The average molecular weight is 359 g/mol. The Labute approximate surface area is 119 Å². The number of anilines is 1. The lowest BCUT2D eigenvalue weighted by molar-refractivity contribution is 0.493. The SMILES string of the molecule is Cc1nn(C(C)Cc2ccc(F)cc2)c(N)c1I. The van der Waals surface area contributed by atoms with E-state index in [0.29, 0.717) is 5.82 Å². The molecule has 1 atom stereocenters. The van der Waals surface area contributed by atoms with Crippen LogP contribution in [0.5, 0.6) is 0 Å². The number of hydrogen-bond acceptors (Lipinski definition) is 2.